The van der Waals surface area contributed by atoms with Crippen molar-refractivity contribution in [1.82, 2.24) is 4.90 Å². The van der Waals surface area contributed by atoms with Gasteiger partial charge in [0.1, 0.15) is 0 Å². The predicted octanol–water partition coefficient (Wildman–Crippen LogP) is 2.78. The molecule has 1 unspecified atom stereocenters. The van der Waals surface area contributed by atoms with Crippen molar-refractivity contribution in [3.05, 3.63) is 12.2 Å². The molecule has 1 rings (SSSR count). The molecule has 0 aliphatic carbocycles. The fourth-order valence-electron chi connectivity index (χ4n) is 2.60. The zero-order chi connectivity index (χ0) is 15.3. The van der Waals surface area contributed by atoms with Crippen LogP contribution in [0.5, 0.6) is 0 Å². The molecular weight excluding hydrogens is 254 g/mol. The van der Waals surface area contributed by atoms with Crippen LogP contribution in [0.3, 0.4) is 0 Å². The molecule has 1 aliphatic heterocycles. The monoisotopic (exact) mass is 281 g/mol. The molecule has 0 N–H and O–H groups in total. The van der Waals surface area contributed by atoms with Gasteiger partial charge in [-0.1, -0.05) is 27.4 Å². The Morgan fingerprint density at radius 2 is 2.05 bits per heavy atom. The molecule has 1 amide bonds. The molecule has 0 radical (unpaired) electrons. The van der Waals surface area contributed by atoms with Gasteiger partial charge in [-0.3, -0.25) is 4.79 Å². The molecular formula is C16H27NO3. The SMILES string of the molecule is C=C(CN1CCC(C(C)(C)C)CCC1=O)C(=O)OCC. The van der Waals surface area contributed by atoms with E-state index in [1.54, 1.807) is 11.8 Å². The van der Waals surface area contributed by atoms with Crippen LogP contribution in [0, 0.1) is 11.3 Å². The Balaban J connectivity index is 2.61. The van der Waals surface area contributed by atoms with E-state index in [-0.39, 0.29) is 17.9 Å². The van der Waals surface area contributed by atoms with Crippen molar-refractivity contribution in [2.45, 2.75) is 47.0 Å². The zero-order valence-corrected chi connectivity index (χ0v) is 13.2. The summed E-state index contributed by atoms with van der Waals surface area (Å²) in [5.74, 6) is 0.242. The van der Waals surface area contributed by atoms with Gasteiger partial charge >= 0.3 is 5.97 Å². The van der Waals surface area contributed by atoms with Crippen LogP contribution in [0.1, 0.15) is 47.0 Å². The van der Waals surface area contributed by atoms with Crippen molar-refractivity contribution in [2.24, 2.45) is 11.3 Å². The lowest BCUT2D eigenvalue weighted by Gasteiger charge is -2.29. The predicted molar refractivity (Wildman–Crippen MR) is 79.1 cm³/mol. The highest BCUT2D eigenvalue weighted by Crippen LogP contribution is 2.34. The van der Waals surface area contributed by atoms with Crippen LogP contribution in [0.2, 0.25) is 0 Å². The fourth-order valence-corrected chi connectivity index (χ4v) is 2.60. The van der Waals surface area contributed by atoms with Crippen molar-refractivity contribution in [3.8, 4) is 0 Å². The summed E-state index contributed by atoms with van der Waals surface area (Å²) in [6.07, 6.45) is 2.45. The van der Waals surface area contributed by atoms with Crippen LogP contribution in [0.4, 0.5) is 0 Å². The highest BCUT2D eigenvalue weighted by atomic mass is 16.5. The van der Waals surface area contributed by atoms with E-state index in [2.05, 4.69) is 27.4 Å². The van der Waals surface area contributed by atoms with E-state index in [0.717, 1.165) is 12.8 Å². The Morgan fingerprint density at radius 1 is 1.40 bits per heavy atom. The third-order valence-corrected chi connectivity index (χ3v) is 3.98. The van der Waals surface area contributed by atoms with Crippen molar-refractivity contribution in [3.63, 3.8) is 0 Å². The minimum atomic E-state index is -0.406. The molecule has 0 aromatic heterocycles. The van der Waals surface area contributed by atoms with Crippen LogP contribution < -0.4 is 0 Å². The molecule has 1 atom stereocenters. The van der Waals surface area contributed by atoms with Gasteiger partial charge in [-0.2, -0.15) is 0 Å². The van der Waals surface area contributed by atoms with E-state index in [1.807, 2.05) is 0 Å². The van der Waals surface area contributed by atoms with Crippen LogP contribution in [-0.2, 0) is 14.3 Å². The quantitative estimate of drug-likeness (QED) is 0.588. The van der Waals surface area contributed by atoms with Crippen molar-refractivity contribution < 1.29 is 14.3 Å². The molecule has 4 nitrogen and oxygen atoms in total. The number of hydrogen-bond donors (Lipinski definition) is 0. The fraction of sp³-hybridized carbons (Fsp3) is 0.750. The van der Waals surface area contributed by atoms with Gasteiger partial charge in [0.25, 0.3) is 0 Å². The number of likely N-dealkylation sites (tertiary alicyclic amines) is 1. The zero-order valence-electron chi connectivity index (χ0n) is 13.2. The number of nitrogens with zero attached hydrogens (tertiary/aromatic N) is 1. The average Bonchev–Trinajstić information content (AvgIpc) is 2.52. The Kier molecular flexibility index (Phi) is 5.78. The first-order chi connectivity index (χ1) is 9.25. The maximum Gasteiger partial charge on any atom is 0.335 e. The van der Waals surface area contributed by atoms with Gasteiger partial charge in [0.05, 0.1) is 13.2 Å². The topological polar surface area (TPSA) is 46.6 Å². The van der Waals surface area contributed by atoms with Gasteiger partial charge in [-0.05, 0) is 31.1 Å². The van der Waals surface area contributed by atoms with E-state index in [9.17, 15) is 9.59 Å². The lowest BCUT2D eigenvalue weighted by Crippen LogP contribution is -2.34. The van der Waals surface area contributed by atoms with Crippen LogP contribution in [0.25, 0.3) is 0 Å². The van der Waals surface area contributed by atoms with Crippen molar-refractivity contribution in [1.29, 1.82) is 0 Å². The van der Waals surface area contributed by atoms with Gasteiger partial charge in [0.15, 0.2) is 0 Å². The Hall–Kier alpha value is -1.32. The Labute approximate surface area is 122 Å². The number of rotatable bonds is 4. The third kappa shape index (κ3) is 4.66. The number of esters is 1. The van der Waals surface area contributed by atoms with Crippen molar-refractivity contribution >= 4 is 11.9 Å². The first kappa shape index (κ1) is 16.7. The molecule has 1 saturated heterocycles. The van der Waals surface area contributed by atoms with Gasteiger partial charge in [-0.25, -0.2) is 4.79 Å². The summed E-state index contributed by atoms with van der Waals surface area (Å²) < 4.78 is 4.91. The van der Waals surface area contributed by atoms with Crippen LogP contribution >= 0.6 is 0 Å². The molecule has 1 aliphatic rings. The normalized spacial score (nSPS) is 20.5. The molecule has 0 aromatic carbocycles. The number of carbonyl (C=O) groups is 2. The van der Waals surface area contributed by atoms with Crippen LogP contribution in [0.15, 0.2) is 12.2 Å². The first-order valence-corrected chi connectivity index (χ1v) is 7.38. The molecule has 0 aromatic rings. The van der Waals surface area contributed by atoms with E-state index in [0.29, 0.717) is 31.1 Å². The Morgan fingerprint density at radius 3 is 2.60 bits per heavy atom. The van der Waals surface area contributed by atoms with Gasteiger partial charge in [0.2, 0.25) is 5.91 Å². The molecule has 20 heavy (non-hydrogen) atoms. The van der Waals surface area contributed by atoms with E-state index in [4.69, 9.17) is 4.74 Å². The Bertz CT molecular complexity index is 382. The number of carbonyl (C=O) groups excluding carboxylic acids is 2. The summed E-state index contributed by atoms with van der Waals surface area (Å²) in [7, 11) is 0. The second-order valence-corrected chi connectivity index (χ2v) is 6.53. The average molecular weight is 281 g/mol. The highest BCUT2D eigenvalue weighted by molar-refractivity contribution is 5.89. The van der Waals surface area contributed by atoms with Crippen molar-refractivity contribution in [2.75, 3.05) is 19.7 Å². The van der Waals surface area contributed by atoms with Gasteiger partial charge < -0.3 is 9.64 Å². The van der Waals surface area contributed by atoms with E-state index in [1.165, 1.54) is 0 Å². The minimum absolute atomic E-state index is 0.113. The molecule has 0 saturated carbocycles. The van der Waals surface area contributed by atoms with Gasteiger partial charge in [-0.15, -0.1) is 0 Å². The summed E-state index contributed by atoms with van der Waals surface area (Å²) in [6, 6.07) is 0. The molecule has 0 bridgehead atoms. The minimum Gasteiger partial charge on any atom is -0.463 e. The number of ether oxygens (including phenoxy) is 1. The molecule has 114 valence electrons. The maximum absolute atomic E-state index is 12.1. The van der Waals surface area contributed by atoms with E-state index < -0.39 is 5.97 Å². The lowest BCUT2D eigenvalue weighted by atomic mass is 9.77. The second-order valence-electron chi connectivity index (χ2n) is 6.53. The molecule has 0 spiro atoms. The maximum atomic E-state index is 12.1. The summed E-state index contributed by atoms with van der Waals surface area (Å²) in [4.78, 5) is 25.4. The third-order valence-electron chi connectivity index (χ3n) is 3.98. The smallest absolute Gasteiger partial charge is 0.335 e. The molecule has 1 fully saturated rings. The van der Waals surface area contributed by atoms with Gasteiger partial charge in [0, 0.05) is 18.5 Å². The first-order valence-electron chi connectivity index (χ1n) is 7.38. The summed E-state index contributed by atoms with van der Waals surface area (Å²) in [5, 5.41) is 0. The highest BCUT2D eigenvalue weighted by Gasteiger charge is 2.30. The molecule has 1 heterocycles. The second kappa shape index (κ2) is 6.91. The standard InChI is InChI=1S/C16H27NO3/c1-6-20-15(19)12(2)11-17-10-9-13(16(3,4)5)7-8-14(17)18/h13H,2,6-11H2,1,3-5H3. The molecule has 4 heteroatoms. The summed E-state index contributed by atoms with van der Waals surface area (Å²) in [5.41, 5.74) is 0.573. The number of hydrogen-bond acceptors (Lipinski definition) is 3. The van der Waals surface area contributed by atoms with Crippen LogP contribution in [-0.4, -0.2) is 36.5 Å². The summed E-state index contributed by atoms with van der Waals surface area (Å²) in [6.45, 7) is 13.5. The lowest BCUT2D eigenvalue weighted by molar-refractivity contribution is -0.139. The summed E-state index contributed by atoms with van der Waals surface area (Å²) >= 11 is 0. The van der Waals surface area contributed by atoms with E-state index >= 15 is 0 Å². The largest absolute Gasteiger partial charge is 0.463 e. The number of amides is 1.